The van der Waals surface area contributed by atoms with Crippen molar-refractivity contribution in [1.29, 1.82) is 0 Å². The molecule has 2 aliphatic rings. The number of hydrogen-bond donors (Lipinski definition) is 0. The summed E-state index contributed by atoms with van der Waals surface area (Å²) in [7, 11) is 0. The van der Waals surface area contributed by atoms with Gasteiger partial charge in [0.05, 0.1) is 33.2 Å². The number of rotatable bonds is 4. The summed E-state index contributed by atoms with van der Waals surface area (Å²) in [5.41, 5.74) is 15.8. The van der Waals surface area contributed by atoms with Gasteiger partial charge in [-0.3, -0.25) is 0 Å². The quantitative estimate of drug-likeness (QED) is 0.176. The number of para-hydroxylation sites is 2. The van der Waals surface area contributed by atoms with Gasteiger partial charge in [0.15, 0.2) is 0 Å². The molecule has 0 amide bonds. The third kappa shape index (κ3) is 5.03. The van der Waals surface area contributed by atoms with Crippen molar-refractivity contribution in [3.63, 3.8) is 0 Å². The van der Waals surface area contributed by atoms with Crippen LogP contribution in [0, 0.1) is 0 Å². The van der Waals surface area contributed by atoms with Crippen LogP contribution < -0.4 is 4.90 Å². The molecule has 13 aromatic rings. The van der Waals surface area contributed by atoms with Gasteiger partial charge in [-0.2, -0.15) is 0 Å². The third-order valence-corrected chi connectivity index (χ3v) is 15.7. The molecule has 312 valence electrons. The second kappa shape index (κ2) is 13.9. The Labute approximate surface area is 390 Å². The molecule has 1 atom stereocenters. The number of nitrogens with zero attached hydrogens (tertiary/aromatic N) is 2. The number of furan rings is 1. The van der Waals surface area contributed by atoms with E-state index in [9.17, 15) is 0 Å². The van der Waals surface area contributed by atoms with E-state index in [4.69, 9.17) is 4.42 Å². The smallest absolute Gasteiger partial charge is 0.137 e. The summed E-state index contributed by atoms with van der Waals surface area (Å²) >= 11 is 1.88. The van der Waals surface area contributed by atoms with Gasteiger partial charge in [-0.25, -0.2) is 0 Å². The molecular formula is C63H38N2OS. The van der Waals surface area contributed by atoms with Crippen molar-refractivity contribution in [3.8, 4) is 16.8 Å². The lowest BCUT2D eigenvalue weighted by Crippen LogP contribution is -2.36. The van der Waals surface area contributed by atoms with Crippen molar-refractivity contribution in [3.05, 3.63) is 253 Å². The molecule has 15 rings (SSSR count). The van der Waals surface area contributed by atoms with Gasteiger partial charge in [-0.1, -0.05) is 182 Å². The SMILES string of the molecule is c1ccc2c(c1)Sc1cc(N(c3ccc4c5ccccc5n(-c5cccc6ccccc56)c4c3)c3cccc4oc5ccccc5c34)ccc1C21c2ccccc2-c2cccc3cccc1c23. The van der Waals surface area contributed by atoms with E-state index in [0.717, 1.165) is 50.2 Å². The Kier molecular flexibility index (Phi) is 7.64. The molecule has 0 radical (unpaired) electrons. The molecule has 0 saturated heterocycles. The van der Waals surface area contributed by atoms with E-state index < -0.39 is 5.41 Å². The summed E-state index contributed by atoms with van der Waals surface area (Å²) < 4.78 is 9.07. The van der Waals surface area contributed by atoms with Crippen LogP contribution in [0.4, 0.5) is 17.1 Å². The normalized spacial score (nSPS) is 14.9. The summed E-state index contributed by atoms with van der Waals surface area (Å²) in [6, 6.07) is 85.3. The molecule has 3 nitrogen and oxygen atoms in total. The third-order valence-electron chi connectivity index (χ3n) is 14.6. The highest BCUT2D eigenvalue weighted by Gasteiger charge is 2.48. The van der Waals surface area contributed by atoms with Gasteiger partial charge in [0.2, 0.25) is 0 Å². The first kappa shape index (κ1) is 37.0. The zero-order chi connectivity index (χ0) is 43.8. The number of aromatic nitrogens is 1. The number of anilines is 3. The van der Waals surface area contributed by atoms with E-state index in [1.54, 1.807) is 0 Å². The molecule has 67 heavy (non-hydrogen) atoms. The van der Waals surface area contributed by atoms with E-state index >= 15 is 0 Å². The van der Waals surface area contributed by atoms with Gasteiger partial charge in [-0.05, 0) is 110 Å². The van der Waals surface area contributed by atoms with E-state index in [-0.39, 0.29) is 0 Å². The molecule has 2 aromatic heterocycles. The molecule has 1 unspecified atom stereocenters. The van der Waals surface area contributed by atoms with Gasteiger partial charge in [0.25, 0.3) is 0 Å². The van der Waals surface area contributed by atoms with Gasteiger partial charge in [0.1, 0.15) is 11.2 Å². The molecule has 0 N–H and O–H groups in total. The highest BCUT2D eigenvalue weighted by Crippen LogP contribution is 2.62. The number of benzene rings is 11. The largest absolute Gasteiger partial charge is 0.456 e. The molecule has 0 saturated carbocycles. The van der Waals surface area contributed by atoms with Crippen LogP contribution in [-0.2, 0) is 5.41 Å². The van der Waals surface area contributed by atoms with Crippen LogP contribution >= 0.6 is 11.8 Å². The highest BCUT2D eigenvalue weighted by molar-refractivity contribution is 7.99. The van der Waals surface area contributed by atoms with Crippen LogP contribution in [0.1, 0.15) is 22.3 Å². The van der Waals surface area contributed by atoms with Crippen molar-refractivity contribution in [1.82, 2.24) is 4.57 Å². The van der Waals surface area contributed by atoms with E-state index in [2.05, 4.69) is 240 Å². The van der Waals surface area contributed by atoms with Crippen molar-refractivity contribution in [2.24, 2.45) is 0 Å². The lowest BCUT2D eigenvalue weighted by Gasteiger charge is -2.46. The fourth-order valence-corrected chi connectivity index (χ4v) is 13.2. The van der Waals surface area contributed by atoms with E-state index in [1.807, 2.05) is 11.8 Å². The zero-order valence-corrected chi connectivity index (χ0v) is 37.0. The highest BCUT2D eigenvalue weighted by atomic mass is 32.2. The van der Waals surface area contributed by atoms with Crippen LogP contribution in [0.2, 0.25) is 0 Å². The first-order chi connectivity index (χ1) is 33.2. The molecular weight excluding hydrogens is 833 g/mol. The summed E-state index contributed by atoms with van der Waals surface area (Å²) in [6.45, 7) is 0. The fourth-order valence-electron chi connectivity index (χ4n) is 12.0. The summed E-state index contributed by atoms with van der Waals surface area (Å²) in [5, 5.41) is 9.64. The molecule has 1 aliphatic carbocycles. The minimum Gasteiger partial charge on any atom is -0.456 e. The molecule has 1 spiro atoms. The first-order valence-electron chi connectivity index (χ1n) is 23.0. The van der Waals surface area contributed by atoms with Gasteiger partial charge in [0, 0.05) is 42.7 Å². The maximum atomic E-state index is 6.60. The minimum atomic E-state index is -0.538. The van der Waals surface area contributed by atoms with Crippen LogP contribution in [0.15, 0.2) is 245 Å². The fraction of sp³-hybridized carbons (Fsp3) is 0.0159. The van der Waals surface area contributed by atoms with E-state index in [1.165, 1.54) is 81.0 Å². The lowest BCUT2D eigenvalue weighted by atomic mass is 9.59. The van der Waals surface area contributed by atoms with E-state index in [0.29, 0.717) is 0 Å². The Balaban J connectivity index is 1.03. The molecule has 0 bridgehead atoms. The van der Waals surface area contributed by atoms with Gasteiger partial charge in [-0.15, -0.1) is 0 Å². The van der Waals surface area contributed by atoms with Crippen molar-refractivity contribution < 1.29 is 4.42 Å². The van der Waals surface area contributed by atoms with Gasteiger partial charge >= 0.3 is 0 Å². The Morgan fingerprint density at radius 2 is 1.01 bits per heavy atom. The number of fused-ring (bicyclic) bond motifs is 15. The first-order valence-corrected chi connectivity index (χ1v) is 23.8. The molecule has 3 heterocycles. The predicted molar refractivity (Wildman–Crippen MR) is 279 cm³/mol. The van der Waals surface area contributed by atoms with Crippen molar-refractivity contribution in [2.45, 2.75) is 15.2 Å². The second-order valence-electron chi connectivity index (χ2n) is 17.9. The Morgan fingerprint density at radius 1 is 0.388 bits per heavy atom. The Morgan fingerprint density at radius 3 is 1.96 bits per heavy atom. The van der Waals surface area contributed by atoms with Crippen molar-refractivity contribution in [2.75, 3.05) is 4.90 Å². The number of hydrogen-bond acceptors (Lipinski definition) is 3. The van der Waals surface area contributed by atoms with Crippen LogP contribution in [0.3, 0.4) is 0 Å². The lowest BCUT2D eigenvalue weighted by molar-refractivity contribution is 0.669. The zero-order valence-electron chi connectivity index (χ0n) is 36.2. The summed E-state index contributed by atoms with van der Waals surface area (Å²) in [6.07, 6.45) is 0. The predicted octanol–water partition coefficient (Wildman–Crippen LogP) is 17.3. The van der Waals surface area contributed by atoms with Crippen molar-refractivity contribution >= 4 is 94.1 Å². The van der Waals surface area contributed by atoms with Crippen LogP contribution in [0.25, 0.3) is 82.1 Å². The molecule has 4 heteroatoms. The Bertz CT molecular complexity index is 4220. The molecule has 1 aliphatic heterocycles. The maximum absolute atomic E-state index is 6.60. The van der Waals surface area contributed by atoms with Crippen LogP contribution in [0.5, 0.6) is 0 Å². The topological polar surface area (TPSA) is 21.3 Å². The summed E-state index contributed by atoms with van der Waals surface area (Å²) in [5.74, 6) is 0. The molecule has 0 fully saturated rings. The maximum Gasteiger partial charge on any atom is 0.137 e. The minimum absolute atomic E-state index is 0.538. The summed E-state index contributed by atoms with van der Waals surface area (Å²) in [4.78, 5) is 4.98. The monoisotopic (exact) mass is 870 g/mol. The average Bonchev–Trinajstić information content (AvgIpc) is 3.93. The van der Waals surface area contributed by atoms with Gasteiger partial charge < -0.3 is 13.9 Å². The Hall–Kier alpha value is -8.31. The standard InChI is InChI=1S/C63H38N2OS/c1-2-19-43-39(15-1)16-13-28-53(43)65-54-27-8-4-21-45(54)46-35-33-41(37-56(46)65)64(55-29-14-31-58-62(55)48-22-5-9-30-57(48)66-58)42-34-36-51-60(38-42)67-59-32-10-7-25-50(59)63(51)49-24-6-3-20-44(49)47-23-11-17-40-18-12-26-52(63)61(40)47/h1-38H. The average molecular weight is 871 g/mol. The molecule has 11 aromatic carbocycles. The second-order valence-corrected chi connectivity index (χ2v) is 19.0. The van der Waals surface area contributed by atoms with Crippen LogP contribution in [-0.4, -0.2) is 4.57 Å².